The Bertz CT molecular complexity index is 134. The van der Waals surface area contributed by atoms with Crippen LogP contribution in [0.1, 0.15) is 34.6 Å². The highest BCUT2D eigenvalue weighted by Crippen LogP contribution is 2.06. The molecule has 3 nitrogen and oxygen atoms in total. The predicted octanol–water partition coefficient (Wildman–Crippen LogP) is 0.946. The van der Waals surface area contributed by atoms with Gasteiger partial charge in [0.2, 0.25) is 0 Å². The fourth-order valence-corrected chi connectivity index (χ4v) is 0.975. The summed E-state index contributed by atoms with van der Waals surface area (Å²) in [6, 6.07) is -0.410. The first kappa shape index (κ1) is 14.1. The van der Waals surface area contributed by atoms with Crippen molar-refractivity contribution < 1.29 is 9.90 Å². The highest BCUT2D eigenvalue weighted by Gasteiger charge is 2.19. The summed E-state index contributed by atoms with van der Waals surface area (Å²) >= 11 is 0. The zero-order valence-corrected chi connectivity index (χ0v) is 7.37. The number of carbonyl (C=O) groups excluding carboxylic acids is 1. The van der Waals surface area contributed by atoms with Crippen molar-refractivity contribution >= 4 is 5.78 Å². The van der Waals surface area contributed by atoms with E-state index in [-0.39, 0.29) is 13.2 Å². The molecule has 0 fully saturated rings. The molecule has 0 aliphatic carbocycles. The lowest BCUT2D eigenvalue weighted by Crippen LogP contribution is -2.40. The van der Waals surface area contributed by atoms with E-state index in [1.54, 1.807) is 0 Å². The Balaban J connectivity index is 0. The summed E-state index contributed by atoms with van der Waals surface area (Å²) in [5.41, 5.74) is 5.55. The van der Waals surface area contributed by atoms with Crippen molar-refractivity contribution in [2.75, 3.05) is 0 Å². The monoisotopic (exact) mass is 175 g/mol. The summed E-state index contributed by atoms with van der Waals surface area (Å²) in [6.07, 6.45) is -0.307. The van der Waals surface area contributed by atoms with Crippen LogP contribution in [0.4, 0.5) is 0 Å². The van der Waals surface area contributed by atoms with Crippen molar-refractivity contribution in [3.63, 3.8) is 0 Å². The number of nitrogens with two attached hydrogens (primary N) is 1. The van der Waals surface area contributed by atoms with Gasteiger partial charge in [0.15, 0.2) is 5.78 Å². The molecule has 0 spiro atoms. The van der Waals surface area contributed by atoms with E-state index in [1.165, 1.54) is 6.92 Å². The minimum atomic E-state index is -0.989. The van der Waals surface area contributed by atoms with Gasteiger partial charge in [-0.1, -0.05) is 21.3 Å². The van der Waals surface area contributed by atoms with Gasteiger partial charge >= 0.3 is 0 Å². The number of hydrogen-bond acceptors (Lipinski definition) is 3. The average Bonchev–Trinajstić information content (AvgIpc) is 1.84. The van der Waals surface area contributed by atoms with E-state index in [0.717, 1.165) is 0 Å². The van der Waals surface area contributed by atoms with Crippen LogP contribution >= 0.6 is 0 Å². The molecule has 0 bridgehead atoms. The van der Waals surface area contributed by atoms with E-state index in [1.807, 2.05) is 13.8 Å². The number of aliphatic hydroxyl groups is 1. The largest absolute Gasteiger partial charge is 0.384 e. The summed E-state index contributed by atoms with van der Waals surface area (Å²) in [6.45, 7) is 5.37. The molecule has 12 heavy (non-hydrogen) atoms. The molecule has 0 radical (unpaired) electrons. The molecule has 0 rings (SSSR count). The molecule has 0 heterocycles. The number of carbonyl (C=O) groups is 1. The molecule has 0 aromatic heterocycles. The second-order valence-electron chi connectivity index (χ2n) is 3.35. The highest BCUT2D eigenvalue weighted by molar-refractivity contribution is 5.80. The van der Waals surface area contributed by atoms with Crippen LogP contribution in [0.15, 0.2) is 0 Å². The lowest BCUT2D eigenvalue weighted by Gasteiger charge is -2.17. The Morgan fingerprint density at radius 1 is 1.50 bits per heavy atom. The number of hydrogen-bond donors (Lipinski definition) is 2. The van der Waals surface area contributed by atoms with E-state index in [9.17, 15) is 4.79 Å². The molecule has 0 saturated heterocycles. The second kappa shape index (κ2) is 6.14. The topological polar surface area (TPSA) is 63.3 Å². The number of aliphatic hydroxyl groups excluding tert-OH is 1. The van der Waals surface area contributed by atoms with Gasteiger partial charge in [-0.3, -0.25) is 4.79 Å². The highest BCUT2D eigenvalue weighted by atomic mass is 16.3. The number of ketones is 1. The van der Waals surface area contributed by atoms with Crippen molar-refractivity contribution in [2.24, 2.45) is 11.7 Å². The molecule has 0 saturated carbocycles. The molecule has 3 heteroatoms. The standard InChI is InChI=1S/C8H17NO2.CH4/c1-5(2)4-7(9)8(11)6(3)10;/h5,7-8,11H,4,9H2,1-3H3;1H4/t7-,8?;/m0./s1. The van der Waals surface area contributed by atoms with E-state index < -0.39 is 12.1 Å². The Hall–Kier alpha value is -0.410. The second-order valence-corrected chi connectivity index (χ2v) is 3.35. The molecule has 0 amide bonds. The fourth-order valence-electron chi connectivity index (χ4n) is 0.975. The van der Waals surface area contributed by atoms with Gasteiger partial charge in [-0.25, -0.2) is 0 Å². The Morgan fingerprint density at radius 2 is 1.92 bits per heavy atom. The third-order valence-corrected chi connectivity index (χ3v) is 1.57. The smallest absolute Gasteiger partial charge is 0.159 e. The lowest BCUT2D eigenvalue weighted by atomic mass is 9.98. The first-order valence-corrected chi connectivity index (χ1v) is 3.89. The minimum absolute atomic E-state index is 0. The Morgan fingerprint density at radius 3 is 2.17 bits per heavy atom. The van der Waals surface area contributed by atoms with Crippen LogP contribution in [0.2, 0.25) is 0 Å². The Labute approximate surface area is 75.0 Å². The molecule has 0 aliphatic rings. The van der Waals surface area contributed by atoms with Crippen molar-refractivity contribution in [3.05, 3.63) is 0 Å². The summed E-state index contributed by atoms with van der Waals surface area (Å²) in [5.74, 6) is 0.164. The maximum Gasteiger partial charge on any atom is 0.159 e. The third-order valence-electron chi connectivity index (χ3n) is 1.57. The molecule has 74 valence electrons. The Kier molecular flexibility index (Phi) is 7.24. The molecule has 3 N–H and O–H groups in total. The predicted molar refractivity (Wildman–Crippen MR) is 50.8 cm³/mol. The summed E-state index contributed by atoms with van der Waals surface area (Å²) in [4.78, 5) is 10.6. The van der Waals surface area contributed by atoms with Crippen LogP contribution in [0, 0.1) is 5.92 Å². The fraction of sp³-hybridized carbons (Fsp3) is 0.889. The molecule has 0 aliphatic heterocycles. The molecule has 2 atom stereocenters. The van der Waals surface area contributed by atoms with Crippen molar-refractivity contribution in [2.45, 2.75) is 46.8 Å². The van der Waals surface area contributed by atoms with Gasteiger partial charge in [0.25, 0.3) is 0 Å². The van der Waals surface area contributed by atoms with Crippen LogP contribution < -0.4 is 5.73 Å². The van der Waals surface area contributed by atoms with Crippen LogP contribution in [0.5, 0.6) is 0 Å². The first-order valence-electron chi connectivity index (χ1n) is 3.89. The van der Waals surface area contributed by atoms with E-state index in [0.29, 0.717) is 12.3 Å². The molecular weight excluding hydrogens is 154 g/mol. The van der Waals surface area contributed by atoms with Crippen LogP contribution in [0.25, 0.3) is 0 Å². The van der Waals surface area contributed by atoms with Crippen LogP contribution in [-0.4, -0.2) is 23.0 Å². The van der Waals surface area contributed by atoms with Gasteiger partial charge in [-0.15, -0.1) is 0 Å². The maximum absolute atomic E-state index is 10.6. The quantitative estimate of drug-likeness (QED) is 0.668. The van der Waals surface area contributed by atoms with E-state index >= 15 is 0 Å². The zero-order valence-electron chi connectivity index (χ0n) is 7.37. The lowest BCUT2D eigenvalue weighted by molar-refractivity contribution is -0.126. The van der Waals surface area contributed by atoms with Gasteiger partial charge in [0.05, 0.1) is 0 Å². The molecular formula is C9H21NO2. The third kappa shape index (κ3) is 5.27. The summed E-state index contributed by atoms with van der Waals surface area (Å²) in [5, 5.41) is 9.17. The van der Waals surface area contributed by atoms with Crippen molar-refractivity contribution in [1.29, 1.82) is 0 Å². The summed E-state index contributed by atoms with van der Waals surface area (Å²) in [7, 11) is 0. The summed E-state index contributed by atoms with van der Waals surface area (Å²) < 4.78 is 0. The van der Waals surface area contributed by atoms with Gasteiger partial charge in [-0.2, -0.15) is 0 Å². The average molecular weight is 175 g/mol. The van der Waals surface area contributed by atoms with E-state index in [4.69, 9.17) is 10.8 Å². The van der Waals surface area contributed by atoms with Gasteiger partial charge in [-0.05, 0) is 19.3 Å². The van der Waals surface area contributed by atoms with Crippen LogP contribution in [0.3, 0.4) is 0 Å². The van der Waals surface area contributed by atoms with Gasteiger partial charge < -0.3 is 10.8 Å². The number of rotatable bonds is 4. The van der Waals surface area contributed by atoms with Gasteiger partial charge in [0.1, 0.15) is 6.10 Å². The van der Waals surface area contributed by atoms with E-state index in [2.05, 4.69) is 0 Å². The van der Waals surface area contributed by atoms with Crippen molar-refractivity contribution in [1.82, 2.24) is 0 Å². The molecule has 0 aromatic carbocycles. The zero-order chi connectivity index (χ0) is 9.02. The first-order chi connectivity index (χ1) is 4.95. The SMILES string of the molecule is C.CC(=O)C(O)[C@@H](N)CC(C)C. The number of Topliss-reactive ketones (excluding diaryl/α,β-unsaturated/α-hetero) is 1. The molecule has 0 aromatic rings. The molecule has 1 unspecified atom stereocenters. The normalized spacial score (nSPS) is 15.2. The van der Waals surface area contributed by atoms with Gasteiger partial charge in [0, 0.05) is 6.04 Å². The van der Waals surface area contributed by atoms with Crippen molar-refractivity contribution in [3.8, 4) is 0 Å². The maximum atomic E-state index is 10.6. The van der Waals surface area contributed by atoms with Crippen LogP contribution in [-0.2, 0) is 4.79 Å². The minimum Gasteiger partial charge on any atom is -0.384 e.